The van der Waals surface area contributed by atoms with E-state index in [1.807, 2.05) is 13.0 Å². The van der Waals surface area contributed by atoms with Crippen LogP contribution in [0, 0.1) is 6.92 Å². The summed E-state index contributed by atoms with van der Waals surface area (Å²) in [7, 11) is 13.1. The van der Waals surface area contributed by atoms with Crippen molar-refractivity contribution in [2.75, 3.05) is 0 Å². The normalized spacial score (nSPS) is 12.4. The Hall–Kier alpha value is -0.590. The molecule has 2 nitrogen and oxygen atoms in total. The fraction of sp³-hybridized carbons (Fsp3) is 0.0769. The SMILES string of the molecule is Cc1cc([Te](Cl)(Cl)c2ccc(O)cc2)ccc1O. The number of benzene rings is 2. The molecule has 0 saturated carbocycles. The zero-order valence-corrected chi connectivity index (χ0v) is 13.4. The second-order valence-electron chi connectivity index (χ2n) is 3.91. The first-order chi connectivity index (χ1) is 8.41. The summed E-state index contributed by atoms with van der Waals surface area (Å²) in [6.07, 6.45) is 0. The topological polar surface area (TPSA) is 40.5 Å². The second-order valence-corrected chi connectivity index (χ2v) is 16.5. The van der Waals surface area contributed by atoms with Crippen molar-refractivity contribution in [2.45, 2.75) is 6.92 Å². The first-order valence-electron chi connectivity index (χ1n) is 5.22. The van der Waals surface area contributed by atoms with Crippen LogP contribution < -0.4 is 7.22 Å². The molecule has 96 valence electrons. The molecule has 2 rings (SSSR count). The van der Waals surface area contributed by atoms with Crippen molar-refractivity contribution in [2.24, 2.45) is 0 Å². The van der Waals surface area contributed by atoms with E-state index in [-0.39, 0.29) is 11.5 Å². The summed E-state index contributed by atoms with van der Waals surface area (Å²) in [5.74, 6) is 0.420. The molecule has 0 aliphatic heterocycles. The Bertz CT molecular complexity index is 568. The van der Waals surface area contributed by atoms with Gasteiger partial charge in [-0.25, -0.2) is 0 Å². The summed E-state index contributed by atoms with van der Waals surface area (Å²) in [6.45, 7) is 1.81. The summed E-state index contributed by atoms with van der Waals surface area (Å²) in [6, 6.07) is 11.8. The summed E-state index contributed by atoms with van der Waals surface area (Å²) >= 11 is -3.40. The monoisotopic (exact) mass is 400 g/mol. The van der Waals surface area contributed by atoms with Crippen LogP contribution in [0.25, 0.3) is 0 Å². The fourth-order valence-corrected chi connectivity index (χ4v) is 7.96. The Morgan fingerprint density at radius 3 is 2.00 bits per heavy atom. The van der Waals surface area contributed by atoms with E-state index in [0.717, 1.165) is 12.8 Å². The molecule has 2 N–H and O–H groups in total. The van der Waals surface area contributed by atoms with Crippen molar-refractivity contribution in [3.05, 3.63) is 48.0 Å². The molecule has 0 saturated heterocycles. The standard InChI is InChI=1S/C13H12Cl2O2Te/c1-9-8-12(6-7-13(9)17)18(14,15)11-4-2-10(16)3-5-11/h2-8,16-17H,1H3. The minimum absolute atomic E-state index is 0.188. The predicted molar refractivity (Wildman–Crippen MR) is 77.7 cm³/mol. The van der Waals surface area contributed by atoms with Crippen LogP contribution in [0.15, 0.2) is 42.5 Å². The Labute approximate surface area is 117 Å². The van der Waals surface area contributed by atoms with E-state index in [4.69, 9.17) is 17.9 Å². The second kappa shape index (κ2) is 5.19. The van der Waals surface area contributed by atoms with Crippen LogP contribution in [0.1, 0.15) is 5.56 Å². The molecular weight excluding hydrogens is 387 g/mol. The molecule has 0 radical (unpaired) electrons. The van der Waals surface area contributed by atoms with Crippen LogP contribution in [0.5, 0.6) is 11.5 Å². The zero-order valence-electron chi connectivity index (χ0n) is 9.60. The molecule has 2 aromatic carbocycles. The third-order valence-corrected chi connectivity index (χ3v) is 12.3. The van der Waals surface area contributed by atoms with Crippen LogP contribution in [-0.4, -0.2) is 26.2 Å². The minimum atomic E-state index is -3.40. The molecule has 0 aromatic heterocycles. The average Bonchev–Trinajstić information content (AvgIpc) is 2.33. The van der Waals surface area contributed by atoms with Gasteiger partial charge in [-0.1, -0.05) is 0 Å². The number of rotatable bonds is 2. The number of halogens is 2. The Morgan fingerprint density at radius 1 is 0.889 bits per heavy atom. The van der Waals surface area contributed by atoms with Crippen LogP contribution >= 0.6 is 17.9 Å². The Kier molecular flexibility index (Phi) is 3.99. The third-order valence-electron chi connectivity index (χ3n) is 2.60. The van der Waals surface area contributed by atoms with Crippen LogP contribution in [-0.2, 0) is 0 Å². The summed E-state index contributed by atoms with van der Waals surface area (Å²) in [5, 5.41) is 18.8. The summed E-state index contributed by atoms with van der Waals surface area (Å²) in [4.78, 5) is 0. The van der Waals surface area contributed by atoms with Gasteiger partial charge in [0, 0.05) is 0 Å². The number of phenols is 2. The average molecular weight is 399 g/mol. The van der Waals surface area contributed by atoms with E-state index < -0.39 is 15.9 Å². The molecule has 18 heavy (non-hydrogen) atoms. The number of aryl methyl sites for hydroxylation is 1. The molecular formula is C13H12Cl2O2Te. The maximum atomic E-state index is 9.52. The van der Waals surface area contributed by atoms with Crippen molar-refractivity contribution in [1.29, 1.82) is 0 Å². The molecule has 0 atom stereocenters. The number of hydrogen-bond acceptors (Lipinski definition) is 2. The van der Waals surface area contributed by atoms with E-state index in [9.17, 15) is 10.2 Å². The summed E-state index contributed by atoms with van der Waals surface area (Å²) in [5.41, 5.74) is 0.753. The third kappa shape index (κ3) is 2.70. The van der Waals surface area contributed by atoms with E-state index in [0.29, 0.717) is 0 Å². The molecule has 0 bridgehead atoms. The molecule has 0 amide bonds. The number of phenolic OH excluding ortho intramolecular Hbond substituents is 2. The van der Waals surface area contributed by atoms with Crippen LogP contribution in [0.2, 0.25) is 0 Å². The zero-order chi connectivity index (χ0) is 13.3. The number of hydrogen-bond donors (Lipinski definition) is 2. The van der Waals surface area contributed by atoms with Gasteiger partial charge in [0.2, 0.25) is 0 Å². The molecule has 0 heterocycles. The molecule has 0 fully saturated rings. The van der Waals surface area contributed by atoms with Gasteiger partial charge < -0.3 is 0 Å². The van der Waals surface area contributed by atoms with Gasteiger partial charge in [0.1, 0.15) is 0 Å². The summed E-state index contributed by atoms with van der Waals surface area (Å²) < 4.78 is 1.71. The van der Waals surface area contributed by atoms with Gasteiger partial charge in [0.25, 0.3) is 0 Å². The van der Waals surface area contributed by atoms with Gasteiger partial charge in [0.05, 0.1) is 0 Å². The molecule has 0 aliphatic rings. The van der Waals surface area contributed by atoms with E-state index in [2.05, 4.69) is 0 Å². The first kappa shape index (κ1) is 13.8. The van der Waals surface area contributed by atoms with Crippen molar-refractivity contribution in [3.8, 4) is 11.5 Å². The molecule has 2 aromatic rings. The molecule has 0 unspecified atom stereocenters. The van der Waals surface area contributed by atoms with E-state index >= 15 is 0 Å². The van der Waals surface area contributed by atoms with Gasteiger partial charge in [0.15, 0.2) is 0 Å². The van der Waals surface area contributed by atoms with Gasteiger partial charge in [-0.15, -0.1) is 0 Å². The fourth-order valence-electron chi connectivity index (χ4n) is 1.54. The van der Waals surface area contributed by atoms with Crippen molar-refractivity contribution >= 4 is 41.1 Å². The first-order valence-corrected chi connectivity index (χ1v) is 13.5. The van der Waals surface area contributed by atoms with Gasteiger partial charge in [-0.2, -0.15) is 0 Å². The van der Waals surface area contributed by atoms with E-state index in [1.54, 1.807) is 36.4 Å². The van der Waals surface area contributed by atoms with Crippen molar-refractivity contribution in [1.82, 2.24) is 0 Å². The van der Waals surface area contributed by atoms with Gasteiger partial charge >= 0.3 is 118 Å². The van der Waals surface area contributed by atoms with Crippen LogP contribution in [0.3, 0.4) is 0 Å². The van der Waals surface area contributed by atoms with Crippen molar-refractivity contribution in [3.63, 3.8) is 0 Å². The van der Waals surface area contributed by atoms with Crippen LogP contribution in [0.4, 0.5) is 0 Å². The van der Waals surface area contributed by atoms with E-state index in [1.165, 1.54) is 0 Å². The molecule has 5 heteroatoms. The maximum absolute atomic E-state index is 9.52. The predicted octanol–water partition coefficient (Wildman–Crippen LogP) is 2.44. The number of aromatic hydroxyl groups is 2. The van der Waals surface area contributed by atoms with Crippen molar-refractivity contribution < 1.29 is 10.2 Å². The quantitative estimate of drug-likeness (QED) is 0.763. The Morgan fingerprint density at radius 2 is 1.44 bits per heavy atom. The van der Waals surface area contributed by atoms with Gasteiger partial charge in [-0.05, 0) is 0 Å². The van der Waals surface area contributed by atoms with Gasteiger partial charge in [-0.3, -0.25) is 0 Å². The molecule has 0 aliphatic carbocycles. The molecule has 0 spiro atoms. The Balaban J connectivity index is 2.46.